The minimum absolute atomic E-state index is 0.0222. The summed E-state index contributed by atoms with van der Waals surface area (Å²) in [6, 6.07) is 6.28. The maximum Gasteiger partial charge on any atom is 0.421 e. The summed E-state index contributed by atoms with van der Waals surface area (Å²) in [7, 11) is 0. The first-order valence-electron chi connectivity index (χ1n) is 6.22. The van der Waals surface area contributed by atoms with E-state index in [9.17, 15) is 27.9 Å². The van der Waals surface area contributed by atoms with Gasteiger partial charge in [-0.1, -0.05) is 30.3 Å². The molecule has 0 amide bonds. The van der Waals surface area contributed by atoms with Gasteiger partial charge in [0.2, 0.25) is 0 Å². The van der Waals surface area contributed by atoms with Crippen molar-refractivity contribution in [3.63, 3.8) is 0 Å². The molecule has 0 heterocycles. The van der Waals surface area contributed by atoms with Crippen molar-refractivity contribution in [3.8, 4) is 0 Å². The van der Waals surface area contributed by atoms with Crippen LogP contribution in [0.1, 0.15) is 25.3 Å². The Morgan fingerprint density at radius 1 is 1.19 bits per heavy atom. The van der Waals surface area contributed by atoms with Crippen LogP contribution in [0.4, 0.5) is 13.2 Å². The Morgan fingerprint density at radius 3 is 2.24 bits per heavy atom. The number of hydrogen-bond acceptors (Lipinski definition) is 4. The lowest BCUT2D eigenvalue weighted by Gasteiger charge is -2.30. The summed E-state index contributed by atoms with van der Waals surface area (Å²) >= 11 is 0. The number of hydrogen-bond donors (Lipinski definition) is 1. The smallest absolute Gasteiger partial charge is 0.421 e. The molecule has 116 valence electrons. The van der Waals surface area contributed by atoms with Crippen LogP contribution in [0.15, 0.2) is 30.3 Å². The summed E-state index contributed by atoms with van der Waals surface area (Å²) in [5, 5.41) is 9.93. The van der Waals surface area contributed by atoms with Gasteiger partial charge in [-0.15, -0.1) is 0 Å². The molecule has 0 radical (unpaired) electrons. The van der Waals surface area contributed by atoms with E-state index < -0.39 is 41.9 Å². The van der Waals surface area contributed by atoms with Crippen molar-refractivity contribution < 1.29 is 32.6 Å². The molecule has 1 atom stereocenters. The molecule has 1 N–H and O–H groups in total. The Hall–Kier alpha value is -1.89. The monoisotopic (exact) mass is 304 g/mol. The number of carbonyl (C=O) groups is 2. The third-order valence-electron chi connectivity index (χ3n) is 2.82. The summed E-state index contributed by atoms with van der Waals surface area (Å²) in [6.07, 6.45) is -7.09. The van der Waals surface area contributed by atoms with Crippen LogP contribution < -0.4 is 0 Å². The standard InChI is InChI=1S/C14H15F3O4/c1-2-21-12(19)8-11(18)9-13(20,14(15,16)17)10-6-4-3-5-7-10/h3-7,20H,2,8-9H2,1H3/t13-/m0/s1. The fraction of sp³-hybridized carbons (Fsp3) is 0.429. The third-order valence-corrected chi connectivity index (χ3v) is 2.82. The van der Waals surface area contributed by atoms with Crippen molar-refractivity contribution in [1.29, 1.82) is 0 Å². The first-order valence-corrected chi connectivity index (χ1v) is 6.22. The van der Waals surface area contributed by atoms with Gasteiger partial charge in [0.15, 0.2) is 5.60 Å². The molecular formula is C14H15F3O4. The van der Waals surface area contributed by atoms with Crippen LogP contribution in [-0.2, 0) is 19.9 Å². The topological polar surface area (TPSA) is 63.6 Å². The van der Waals surface area contributed by atoms with Crippen LogP contribution in [0, 0.1) is 0 Å². The van der Waals surface area contributed by atoms with Gasteiger partial charge in [-0.25, -0.2) is 0 Å². The Morgan fingerprint density at radius 2 is 1.76 bits per heavy atom. The molecule has 0 aliphatic heterocycles. The summed E-state index contributed by atoms with van der Waals surface area (Å²) < 4.78 is 43.8. The van der Waals surface area contributed by atoms with E-state index in [4.69, 9.17) is 0 Å². The highest BCUT2D eigenvalue weighted by Gasteiger charge is 2.55. The molecule has 0 saturated heterocycles. The molecule has 0 saturated carbocycles. The second kappa shape index (κ2) is 6.71. The van der Waals surface area contributed by atoms with Gasteiger partial charge in [0.05, 0.1) is 6.61 Å². The summed E-state index contributed by atoms with van der Waals surface area (Å²) in [5.41, 5.74) is -3.77. The van der Waals surface area contributed by atoms with Gasteiger partial charge in [-0.2, -0.15) is 13.2 Å². The van der Waals surface area contributed by atoms with Crippen molar-refractivity contribution >= 4 is 11.8 Å². The minimum atomic E-state index is -5.04. The molecule has 21 heavy (non-hydrogen) atoms. The number of benzene rings is 1. The number of ether oxygens (including phenoxy) is 1. The zero-order valence-electron chi connectivity index (χ0n) is 11.3. The normalized spacial score (nSPS) is 14.3. The molecule has 0 fully saturated rings. The molecule has 0 aromatic heterocycles. The molecule has 0 spiro atoms. The molecule has 0 aliphatic carbocycles. The van der Waals surface area contributed by atoms with E-state index in [0.717, 1.165) is 12.1 Å². The van der Waals surface area contributed by atoms with Crippen molar-refractivity contribution in [3.05, 3.63) is 35.9 Å². The van der Waals surface area contributed by atoms with Crippen LogP contribution in [-0.4, -0.2) is 29.6 Å². The highest BCUT2D eigenvalue weighted by atomic mass is 19.4. The average Bonchev–Trinajstić information content (AvgIpc) is 2.38. The maximum absolute atomic E-state index is 13.1. The molecule has 1 aromatic rings. The van der Waals surface area contributed by atoms with Crippen LogP contribution in [0.5, 0.6) is 0 Å². The number of rotatable bonds is 6. The molecule has 0 bridgehead atoms. The lowest BCUT2D eigenvalue weighted by atomic mass is 9.87. The van der Waals surface area contributed by atoms with E-state index >= 15 is 0 Å². The zero-order valence-corrected chi connectivity index (χ0v) is 11.3. The number of aliphatic hydroxyl groups is 1. The minimum Gasteiger partial charge on any atom is -0.466 e. The number of alkyl halides is 3. The Labute approximate surface area is 119 Å². The van der Waals surface area contributed by atoms with Gasteiger partial charge < -0.3 is 9.84 Å². The summed E-state index contributed by atoms with van der Waals surface area (Å²) in [4.78, 5) is 22.7. The Bertz CT molecular complexity index is 499. The van der Waals surface area contributed by atoms with Gasteiger partial charge in [-0.3, -0.25) is 9.59 Å². The third kappa shape index (κ3) is 4.29. The van der Waals surface area contributed by atoms with Gasteiger partial charge in [0.1, 0.15) is 12.2 Å². The number of ketones is 1. The lowest BCUT2D eigenvalue weighted by Crippen LogP contribution is -2.44. The van der Waals surface area contributed by atoms with Crippen molar-refractivity contribution in [2.24, 2.45) is 0 Å². The van der Waals surface area contributed by atoms with Crippen LogP contribution in [0.25, 0.3) is 0 Å². The van der Waals surface area contributed by atoms with Gasteiger partial charge in [0, 0.05) is 6.42 Å². The fourth-order valence-corrected chi connectivity index (χ4v) is 1.80. The SMILES string of the molecule is CCOC(=O)CC(=O)C[C@](O)(c1ccccc1)C(F)(F)F. The predicted molar refractivity (Wildman–Crippen MR) is 67.3 cm³/mol. The van der Waals surface area contributed by atoms with E-state index in [1.165, 1.54) is 25.1 Å². The van der Waals surface area contributed by atoms with Crippen molar-refractivity contribution in [2.45, 2.75) is 31.5 Å². The predicted octanol–water partition coefficient (Wildman–Crippen LogP) is 2.35. The van der Waals surface area contributed by atoms with Crippen LogP contribution >= 0.6 is 0 Å². The van der Waals surface area contributed by atoms with Crippen LogP contribution in [0.3, 0.4) is 0 Å². The molecule has 1 aromatic carbocycles. The average molecular weight is 304 g/mol. The molecule has 1 rings (SSSR count). The first-order chi connectivity index (χ1) is 9.70. The molecule has 7 heteroatoms. The number of Topliss-reactive ketones (excluding diaryl/α,β-unsaturated/α-hetero) is 1. The van der Waals surface area contributed by atoms with Gasteiger partial charge in [0.25, 0.3) is 0 Å². The molecule has 0 unspecified atom stereocenters. The van der Waals surface area contributed by atoms with Crippen LogP contribution in [0.2, 0.25) is 0 Å². The van der Waals surface area contributed by atoms with Gasteiger partial charge in [-0.05, 0) is 12.5 Å². The summed E-state index contributed by atoms with van der Waals surface area (Å²) in [6.45, 7) is 1.53. The van der Waals surface area contributed by atoms with E-state index in [2.05, 4.69) is 4.74 Å². The largest absolute Gasteiger partial charge is 0.466 e. The summed E-state index contributed by atoms with van der Waals surface area (Å²) in [5.74, 6) is -1.96. The van der Waals surface area contributed by atoms with E-state index in [1.54, 1.807) is 0 Å². The zero-order chi connectivity index (χ0) is 16.1. The maximum atomic E-state index is 13.1. The lowest BCUT2D eigenvalue weighted by molar-refractivity contribution is -0.267. The second-order valence-corrected chi connectivity index (χ2v) is 4.42. The van der Waals surface area contributed by atoms with E-state index in [1.807, 2.05) is 0 Å². The quantitative estimate of drug-likeness (QED) is 0.647. The second-order valence-electron chi connectivity index (χ2n) is 4.42. The Balaban J connectivity index is 2.96. The highest BCUT2D eigenvalue weighted by molar-refractivity contribution is 5.96. The van der Waals surface area contributed by atoms with Crippen molar-refractivity contribution in [1.82, 2.24) is 0 Å². The Kier molecular flexibility index (Phi) is 5.48. The molecule has 4 nitrogen and oxygen atoms in total. The number of halogens is 3. The fourth-order valence-electron chi connectivity index (χ4n) is 1.80. The van der Waals surface area contributed by atoms with Gasteiger partial charge >= 0.3 is 12.1 Å². The first kappa shape index (κ1) is 17.2. The van der Waals surface area contributed by atoms with Crippen molar-refractivity contribution in [2.75, 3.05) is 6.61 Å². The number of carbonyl (C=O) groups excluding carboxylic acids is 2. The molecule has 0 aliphatic rings. The number of esters is 1. The van der Waals surface area contributed by atoms with E-state index in [-0.39, 0.29) is 6.61 Å². The van der Waals surface area contributed by atoms with E-state index in [0.29, 0.717) is 0 Å². The molecular weight excluding hydrogens is 289 g/mol. The highest BCUT2D eigenvalue weighted by Crippen LogP contribution is 2.41.